The van der Waals surface area contributed by atoms with Gasteiger partial charge in [-0.05, 0) is 30.4 Å². The number of aliphatic hydroxyl groups is 1. The highest BCUT2D eigenvalue weighted by Crippen LogP contribution is 2.19. The fourth-order valence-corrected chi connectivity index (χ4v) is 4.46. The van der Waals surface area contributed by atoms with Crippen LogP contribution in [0.25, 0.3) is 6.20 Å². The number of thioether (sulfide) groups is 1. The maximum Gasteiger partial charge on any atom is 0.322 e. The third-order valence-electron chi connectivity index (χ3n) is 3.65. The Kier molecular flexibility index (Phi) is 8.00. The molecule has 0 amide bonds. The van der Waals surface area contributed by atoms with E-state index < -0.39 is 22.0 Å². The summed E-state index contributed by atoms with van der Waals surface area (Å²) in [6.45, 7) is -0.143. The smallest absolute Gasteiger partial charge is 0.322 e. The Morgan fingerprint density at radius 3 is 2.61 bits per heavy atom. The summed E-state index contributed by atoms with van der Waals surface area (Å²) in [5, 5.41) is 22.4. The molecule has 0 spiro atoms. The number of rotatable bonds is 10. The van der Waals surface area contributed by atoms with E-state index in [1.807, 2.05) is 0 Å². The van der Waals surface area contributed by atoms with Gasteiger partial charge in [-0.3, -0.25) is 4.79 Å². The van der Waals surface area contributed by atoms with Crippen LogP contribution in [-0.2, 0) is 27.8 Å². The largest absolute Gasteiger partial charge is 0.480 e. The molecule has 0 radical (unpaired) electrons. The predicted molar refractivity (Wildman–Crippen MR) is 109 cm³/mol. The van der Waals surface area contributed by atoms with Crippen LogP contribution < -0.4 is 4.72 Å². The zero-order valence-electron chi connectivity index (χ0n) is 15.1. The molecule has 1 atom stereocenters. The summed E-state index contributed by atoms with van der Waals surface area (Å²) in [5.74, 6) is -1.25. The van der Waals surface area contributed by atoms with Crippen molar-refractivity contribution in [1.29, 1.82) is 0 Å². The van der Waals surface area contributed by atoms with Gasteiger partial charge in [-0.25, -0.2) is 13.1 Å². The number of aliphatic carboxylic acids is 1. The van der Waals surface area contributed by atoms with Crippen LogP contribution in [0, 0.1) is 0 Å². The van der Waals surface area contributed by atoms with Gasteiger partial charge in [0.1, 0.15) is 10.3 Å². The molecular weight excluding hydrogens is 402 g/mol. The van der Waals surface area contributed by atoms with Crippen molar-refractivity contribution in [2.75, 3.05) is 6.26 Å². The first kappa shape index (κ1) is 21.9. The Morgan fingerprint density at radius 2 is 2.04 bits per heavy atom. The molecule has 3 N–H and O–H groups in total. The molecule has 1 unspecified atom stereocenters. The number of hydrogen-bond donors (Lipinski definition) is 3. The Labute approximate surface area is 167 Å². The zero-order valence-corrected chi connectivity index (χ0v) is 16.7. The van der Waals surface area contributed by atoms with E-state index in [2.05, 4.69) is 9.82 Å². The molecule has 150 valence electrons. The zero-order chi connectivity index (χ0) is 20.6. The average molecular weight is 424 g/mol. The summed E-state index contributed by atoms with van der Waals surface area (Å²) in [7, 11) is -4.02. The molecule has 0 bridgehead atoms. The van der Waals surface area contributed by atoms with E-state index in [1.54, 1.807) is 42.8 Å². The van der Waals surface area contributed by atoms with Crippen LogP contribution in [-0.4, -0.2) is 46.7 Å². The molecule has 8 nitrogen and oxygen atoms in total. The summed E-state index contributed by atoms with van der Waals surface area (Å²) in [6, 6.07) is 7.51. The van der Waals surface area contributed by atoms with Crippen LogP contribution >= 0.6 is 11.8 Å². The van der Waals surface area contributed by atoms with Gasteiger partial charge in [-0.2, -0.15) is 9.82 Å². The number of aliphatic hydroxyl groups excluding tert-OH is 1. The van der Waals surface area contributed by atoms with Gasteiger partial charge >= 0.3 is 5.97 Å². The topological polar surface area (TPSA) is 122 Å². The van der Waals surface area contributed by atoms with Gasteiger partial charge in [0.2, 0.25) is 10.0 Å². The molecule has 0 aliphatic carbocycles. The highest BCUT2D eigenvalue weighted by molar-refractivity contribution is 8.17. The van der Waals surface area contributed by atoms with Crippen molar-refractivity contribution in [2.45, 2.75) is 19.1 Å². The molecule has 0 fully saturated rings. The number of hydrogen-bond acceptors (Lipinski definition) is 6. The Hall–Kier alpha value is -2.40. The van der Waals surface area contributed by atoms with E-state index in [0.717, 1.165) is 11.8 Å². The van der Waals surface area contributed by atoms with Gasteiger partial charge < -0.3 is 10.2 Å². The van der Waals surface area contributed by atoms with Crippen molar-refractivity contribution in [3.05, 3.63) is 70.2 Å². The molecule has 0 aliphatic heterocycles. The monoisotopic (exact) mass is 423 g/mol. The molecule has 0 saturated heterocycles. The quantitative estimate of drug-likeness (QED) is 0.497. The number of carbonyl (C=O) groups is 1. The number of carboxylic acids is 1. The molecule has 0 saturated carbocycles. The molecular formula is C18H21N3O5S2. The van der Waals surface area contributed by atoms with Crippen LogP contribution in [0.15, 0.2) is 59.1 Å². The highest BCUT2D eigenvalue weighted by Gasteiger charge is 2.26. The van der Waals surface area contributed by atoms with E-state index in [-0.39, 0.29) is 17.3 Å². The first-order valence-corrected chi connectivity index (χ1v) is 10.9. The van der Waals surface area contributed by atoms with Crippen LogP contribution in [0.3, 0.4) is 0 Å². The Balaban J connectivity index is 2.14. The average Bonchev–Trinajstić information content (AvgIpc) is 3.13. The summed E-state index contributed by atoms with van der Waals surface area (Å²) >= 11 is 0.979. The van der Waals surface area contributed by atoms with E-state index in [4.69, 9.17) is 5.11 Å². The SMILES string of the molecule is CS/C(=C\C=C\n1cc(CO)cn1)S(=O)(=O)NC(Cc1ccccc1)C(=O)O. The van der Waals surface area contributed by atoms with Crippen molar-refractivity contribution in [1.82, 2.24) is 14.5 Å². The van der Waals surface area contributed by atoms with Crippen LogP contribution in [0.4, 0.5) is 0 Å². The number of nitrogens with one attached hydrogen (secondary N) is 1. The minimum absolute atomic E-state index is 0.0300. The molecule has 0 aliphatic rings. The third kappa shape index (κ3) is 6.34. The van der Waals surface area contributed by atoms with Gasteiger partial charge in [0.25, 0.3) is 0 Å². The standard InChI is InChI=1S/C18H21N3O5S2/c1-27-17(8-5-9-21-12-15(13-22)11-19-21)28(25,26)20-16(18(23)24)10-14-6-3-2-4-7-14/h2-9,11-12,16,20,22H,10,13H2,1H3,(H,23,24)/b9-5+,17-8+. The van der Waals surface area contributed by atoms with Gasteiger partial charge in [0.15, 0.2) is 0 Å². The second-order valence-electron chi connectivity index (χ2n) is 5.72. The van der Waals surface area contributed by atoms with Crippen LogP contribution in [0.2, 0.25) is 0 Å². The van der Waals surface area contributed by atoms with Crippen molar-refractivity contribution >= 4 is 34.0 Å². The first-order chi connectivity index (χ1) is 13.4. The number of benzene rings is 1. The molecule has 1 heterocycles. The summed E-state index contributed by atoms with van der Waals surface area (Å²) in [4.78, 5) is 11.5. The van der Waals surface area contributed by atoms with Gasteiger partial charge in [-0.1, -0.05) is 30.3 Å². The fourth-order valence-electron chi connectivity index (χ4n) is 2.29. The normalized spacial score (nSPS) is 13.7. The van der Waals surface area contributed by atoms with E-state index in [1.165, 1.54) is 29.2 Å². The lowest BCUT2D eigenvalue weighted by molar-refractivity contribution is -0.138. The van der Waals surface area contributed by atoms with E-state index in [9.17, 15) is 18.3 Å². The van der Waals surface area contributed by atoms with Gasteiger partial charge in [0, 0.05) is 18.0 Å². The van der Waals surface area contributed by atoms with Crippen molar-refractivity contribution < 1.29 is 23.4 Å². The van der Waals surface area contributed by atoms with E-state index in [0.29, 0.717) is 11.1 Å². The lowest BCUT2D eigenvalue weighted by Crippen LogP contribution is -2.42. The maximum absolute atomic E-state index is 12.6. The Morgan fingerprint density at radius 1 is 1.32 bits per heavy atom. The molecule has 28 heavy (non-hydrogen) atoms. The summed E-state index contributed by atoms with van der Waals surface area (Å²) in [5.41, 5.74) is 1.34. The summed E-state index contributed by atoms with van der Waals surface area (Å²) < 4.78 is 28.9. The number of nitrogens with zero attached hydrogens (tertiary/aromatic N) is 2. The lowest BCUT2D eigenvalue weighted by atomic mass is 10.1. The van der Waals surface area contributed by atoms with Crippen molar-refractivity contribution in [3.8, 4) is 0 Å². The molecule has 1 aromatic heterocycles. The summed E-state index contributed by atoms with van der Waals surface area (Å²) in [6.07, 6.45) is 9.05. The van der Waals surface area contributed by atoms with Gasteiger partial charge in [-0.15, -0.1) is 11.8 Å². The number of sulfonamides is 1. The molecule has 10 heteroatoms. The van der Waals surface area contributed by atoms with Crippen LogP contribution in [0.1, 0.15) is 11.1 Å². The molecule has 1 aromatic carbocycles. The number of allylic oxidation sites excluding steroid dienone is 2. The minimum atomic E-state index is -4.02. The van der Waals surface area contributed by atoms with Gasteiger partial charge in [0.05, 0.1) is 12.8 Å². The first-order valence-electron chi connectivity index (χ1n) is 8.21. The lowest BCUT2D eigenvalue weighted by Gasteiger charge is -2.15. The molecule has 2 aromatic rings. The van der Waals surface area contributed by atoms with Crippen molar-refractivity contribution in [3.63, 3.8) is 0 Å². The highest BCUT2D eigenvalue weighted by atomic mass is 32.3. The minimum Gasteiger partial charge on any atom is -0.480 e. The van der Waals surface area contributed by atoms with Crippen LogP contribution in [0.5, 0.6) is 0 Å². The second-order valence-corrected chi connectivity index (χ2v) is 8.51. The van der Waals surface area contributed by atoms with E-state index >= 15 is 0 Å². The fraction of sp³-hybridized carbons (Fsp3) is 0.222. The predicted octanol–water partition coefficient (Wildman–Crippen LogP) is 1.67. The maximum atomic E-state index is 12.6. The number of carboxylic acid groups (broad SMARTS) is 1. The second kappa shape index (κ2) is 10.2. The Bertz CT molecular complexity index is 953. The van der Waals surface area contributed by atoms with Crippen molar-refractivity contribution in [2.24, 2.45) is 0 Å². The third-order valence-corrected chi connectivity index (χ3v) is 6.61. The molecule has 2 rings (SSSR count). The number of aromatic nitrogens is 2.